The summed E-state index contributed by atoms with van der Waals surface area (Å²) in [5, 5.41) is 13.4. The molecule has 0 aliphatic heterocycles. The largest absolute Gasteiger partial charge is 0.493 e. The zero-order valence-electron chi connectivity index (χ0n) is 14.2. The summed E-state index contributed by atoms with van der Waals surface area (Å²) in [6.07, 6.45) is 4.39. The monoisotopic (exact) mass is 342 g/mol. The number of para-hydroxylation sites is 1. The molecule has 0 unspecified atom stereocenters. The molecule has 132 valence electrons. The number of carbonyl (C=O) groups is 1. The van der Waals surface area contributed by atoms with Crippen LogP contribution in [0, 0.1) is 10.1 Å². The maximum Gasteiger partial charge on any atom is 0.269 e. The Hall–Kier alpha value is -2.89. The molecule has 0 aliphatic rings. The molecule has 6 nitrogen and oxygen atoms in total. The zero-order chi connectivity index (χ0) is 18.1. The van der Waals surface area contributed by atoms with Gasteiger partial charge in [0.25, 0.3) is 11.6 Å². The van der Waals surface area contributed by atoms with Gasteiger partial charge in [0.15, 0.2) is 0 Å². The second-order valence-corrected chi connectivity index (χ2v) is 5.66. The number of hydrogen-bond acceptors (Lipinski definition) is 4. The van der Waals surface area contributed by atoms with E-state index in [2.05, 4.69) is 12.2 Å². The van der Waals surface area contributed by atoms with Crippen LogP contribution in [-0.2, 0) is 0 Å². The van der Waals surface area contributed by atoms with E-state index in [0.29, 0.717) is 23.6 Å². The summed E-state index contributed by atoms with van der Waals surface area (Å²) in [6, 6.07) is 12.8. The second-order valence-electron chi connectivity index (χ2n) is 5.66. The fourth-order valence-corrected chi connectivity index (χ4v) is 2.36. The maximum atomic E-state index is 12.5. The minimum atomic E-state index is -0.479. The quantitative estimate of drug-likeness (QED) is 0.403. The van der Waals surface area contributed by atoms with Gasteiger partial charge in [-0.25, -0.2) is 0 Å². The van der Waals surface area contributed by atoms with Crippen LogP contribution in [-0.4, -0.2) is 17.4 Å². The van der Waals surface area contributed by atoms with E-state index in [1.54, 1.807) is 18.2 Å². The molecule has 1 amide bonds. The number of nitro benzene ring substituents is 1. The van der Waals surface area contributed by atoms with Crippen LogP contribution in [0.3, 0.4) is 0 Å². The van der Waals surface area contributed by atoms with Crippen LogP contribution >= 0.6 is 0 Å². The van der Waals surface area contributed by atoms with Gasteiger partial charge >= 0.3 is 0 Å². The van der Waals surface area contributed by atoms with Crippen LogP contribution in [0.15, 0.2) is 48.5 Å². The Balaban J connectivity index is 2.00. The third kappa shape index (κ3) is 5.60. The third-order valence-corrected chi connectivity index (χ3v) is 3.72. The molecular weight excluding hydrogens is 320 g/mol. The molecule has 0 radical (unpaired) electrons. The van der Waals surface area contributed by atoms with E-state index in [4.69, 9.17) is 4.74 Å². The van der Waals surface area contributed by atoms with Gasteiger partial charge in [0, 0.05) is 17.8 Å². The Bertz CT molecular complexity index is 714. The summed E-state index contributed by atoms with van der Waals surface area (Å²) in [6.45, 7) is 2.72. The summed E-state index contributed by atoms with van der Waals surface area (Å²) < 4.78 is 5.74. The summed E-state index contributed by atoms with van der Waals surface area (Å²) in [5.41, 5.74) is 0.915. The first-order valence-electron chi connectivity index (χ1n) is 8.39. The summed E-state index contributed by atoms with van der Waals surface area (Å²) >= 11 is 0. The van der Waals surface area contributed by atoms with E-state index in [1.165, 1.54) is 30.7 Å². The first kappa shape index (κ1) is 18.4. The van der Waals surface area contributed by atoms with Crippen molar-refractivity contribution in [2.75, 3.05) is 11.9 Å². The lowest BCUT2D eigenvalue weighted by atomic mass is 10.1. The number of rotatable bonds is 9. The topological polar surface area (TPSA) is 81.5 Å². The highest BCUT2D eigenvalue weighted by molar-refractivity contribution is 6.06. The van der Waals surface area contributed by atoms with Crippen molar-refractivity contribution in [3.05, 3.63) is 64.2 Å². The minimum absolute atomic E-state index is 0.0196. The van der Waals surface area contributed by atoms with E-state index in [0.717, 1.165) is 19.3 Å². The maximum absolute atomic E-state index is 12.5. The highest BCUT2D eigenvalue weighted by Crippen LogP contribution is 2.21. The van der Waals surface area contributed by atoms with Gasteiger partial charge in [-0.2, -0.15) is 0 Å². The normalized spacial score (nSPS) is 10.3. The first-order chi connectivity index (χ1) is 12.1. The fraction of sp³-hybridized carbons (Fsp3) is 0.316. The number of amides is 1. The van der Waals surface area contributed by atoms with Crippen LogP contribution in [0.1, 0.15) is 43.0 Å². The average Bonchev–Trinajstić information content (AvgIpc) is 2.62. The zero-order valence-corrected chi connectivity index (χ0v) is 14.2. The molecule has 1 N–H and O–H groups in total. The molecule has 0 aliphatic carbocycles. The molecule has 0 atom stereocenters. The minimum Gasteiger partial charge on any atom is -0.493 e. The van der Waals surface area contributed by atoms with Crippen molar-refractivity contribution in [1.29, 1.82) is 0 Å². The van der Waals surface area contributed by atoms with E-state index < -0.39 is 4.92 Å². The van der Waals surface area contributed by atoms with Crippen molar-refractivity contribution in [3.8, 4) is 5.75 Å². The second kappa shape index (κ2) is 9.42. The molecular formula is C19H22N2O4. The van der Waals surface area contributed by atoms with E-state index in [9.17, 15) is 14.9 Å². The molecule has 0 fully saturated rings. The van der Waals surface area contributed by atoms with Gasteiger partial charge in [-0.1, -0.05) is 38.3 Å². The Kier molecular flexibility index (Phi) is 6.95. The lowest BCUT2D eigenvalue weighted by Crippen LogP contribution is -2.14. The number of nitro groups is 1. The highest BCUT2D eigenvalue weighted by atomic mass is 16.6. The van der Waals surface area contributed by atoms with Gasteiger partial charge in [-0.15, -0.1) is 0 Å². The van der Waals surface area contributed by atoms with Gasteiger partial charge in [-0.3, -0.25) is 14.9 Å². The van der Waals surface area contributed by atoms with Gasteiger partial charge in [0.05, 0.1) is 17.1 Å². The number of benzene rings is 2. The lowest BCUT2D eigenvalue weighted by molar-refractivity contribution is -0.384. The first-order valence-corrected chi connectivity index (χ1v) is 8.39. The number of unbranched alkanes of at least 4 members (excludes halogenated alkanes) is 3. The molecule has 0 heterocycles. The standard InChI is InChI=1S/C19H22N2O4/c1-2-3-4-7-14-25-18-9-6-5-8-17(18)19(22)20-15-10-12-16(13-11-15)21(23)24/h5-6,8-13H,2-4,7,14H2,1H3,(H,20,22). The van der Waals surface area contributed by atoms with Crippen LogP contribution in [0.2, 0.25) is 0 Å². The van der Waals surface area contributed by atoms with Crippen molar-refractivity contribution >= 4 is 17.3 Å². The molecule has 0 bridgehead atoms. The van der Waals surface area contributed by atoms with Gasteiger partial charge < -0.3 is 10.1 Å². The number of anilines is 1. The Morgan fingerprint density at radius 3 is 2.48 bits per heavy atom. The molecule has 0 spiro atoms. The lowest BCUT2D eigenvalue weighted by Gasteiger charge is -2.11. The average molecular weight is 342 g/mol. The van der Waals surface area contributed by atoms with Crippen molar-refractivity contribution in [3.63, 3.8) is 0 Å². The Morgan fingerprint density at radius 1 is 1.08 bits per heavy atom. The summed E-state index contributed by atoms with van der Waals surface area (Å²) in [4.78, 5) is 22.7. The number of hydrogen-bond donors (Lipinski definition) is 1. The van der Waals surface area contributed by atoms with E-state index in [1.807, 2.05) is 6.07 Å². The molecule has 6 heteroatoms. The van der Waals surface area contributed by atoms with Crippen molar-refractivity contribution in [2.45, 2.75) is 32.6 Å². The molecule has 0 saturated heterocycles. The third-order valence-electron chi connectivity index (χ3n) is 3.72. The Morgan fingerprint density at radius 2 is 1.80 bits per heavy atom. The van der Waals surface area contributed by atoms with Crippen LogP contribution in [0.5, 0.6) is 5.75 Å². The molecule has 0 saturated carbocycles. The van der Waals surface area contributed by atoms with Crippen LogP contribution < -0.4 is 10.1 Å². The van der Waals surface area contributed by atoms with Crippen LogP contribution in [0.25, 0.3) is 0 Å². The molecule has 2 aromatic carbocycles. The number of nitrogens with one attached hydrogen (secondary N) is 1. The Labute approximate surface area is 147 Å². The van der Waals surface area contributed by atoms with Crippen LogP contribution in [0.4, 0.5) is 11.4 Å². The predicted octanol–water partition coefficient (Wildman–Crippen LogP) is 4.81. The van der Waals surface area contributed by atoms with Crippen molar-refractivity contribution in [2.24, 2.45) is 0 Å². The molecule has 25 heavy (non-hydrogen) atoms. The SMILES string of the molecule is CCCCCCOc1ccccc1C(=O)Nc1ccc([N+](=O)[O-])cc1. The summed E-state index contributed by atoms with van der Waals surface area (Å²) in [7, 11) is 0. The highest BCUT2D eigenvalue weighted by Gasteiger charge is 2.13. The molecule has 0 aromatic heterocycles. The number of nitrogens with zero attached hydrogens (tertiary/aromatic N) is 1. The van der Waals surface area contributed by atoms with E-state index in [-0.39, 0.29) is 11.6 Å². The van der Waals surface area contributed by atoms with Gasteiger partial charge in [0.2, 0.25) is 0 Å². The molecule has 2 rings (SSSR count). The van der Waals surface area contributed by atoms with Gasteiger partial charge in [0.1, 0.15) is 5.75 Å². The number of ether oxygens (including phenoxy) is 1. The van der Waals surface area contributed by atoms with Crippen molar-refractivity contribution < 1.29 is 14.5 Å². The fourth-order valence-electron chi connectivity index (χ4n) is 2.36. The predicted molar refractivity (Wildman–Crippen MR) is 97.1 cm³/mol. The smallest absolute Gasteiger partial charge is 0.269 e. The van der Waals surface area contributed by atoms with Gasteiger partial charge in [-0.05, 0) is 30.7 Å². The number of non-ortho nitro benzene ring substituents is 1. The summed E-state index contributed by atoms with van der Waals surface area (Å²) in [5.74, 6) is 0.233. The van der Waals surface area contributed by atoms with E-state index >= 15 is 0 Å². The van der Waals surface area contributed by atoms with Crippen molar-refractivity contribution in [1.82, 2.24) is 0 Å². The number of carbonyl (C=O) groups excluding carboxylic acids is 1. The molecule has 2 aromatic rings.